The number of rotatable bonds is 9. The van der Waals surface area contributed by atoms with Crippen molar-refractivity contribution in [3.8, 4) is 22.9 Å². The summed E-state index contributed by atoms with van der Waals surface area (Å²) in [6.45, 7) is -4.00. The molecule has 35 heavy (non-hydrogen) atoms. The van der Waals surface area contributed by atoms with Crippen LogP contribution in [0.2, 0.25) is 10.0 Å². The Morgan fingerprint density at radius 2 is 1.89 bits per heavy atom. The first-order chi connectivity index (χ1) is 16.4. The second kappa shape index (κ2) is 10.6. The van der Waals surface area contributed by atoms with Crippen molar-refractivity contribution in [3.05, 3.63) is 58.3 Å². The topological polar surface area (TPSA) is 103 Å². The van der Waals surface area contributed by atoms with Gasteiger partial charge in [-0.25, -0.2) is 13.8 Å². The average molecular weight is 553 g/mol. The predicted octanol–water partition coefficient (Wildman–Crippen LogP) is 4.01. The van der Waals surface area contributed by atoms with Crippen molar-refractivity contribution in [2.75, 3.05) is 18.0 Å². The fraction of sp³-hybridized carbons (Fsp3) is 0.200. The molecule has 0 aliphatic carbocycles. The number of hydrogen-bond acceptors (Lipinski definition) is 6. The van der Waals surface area contributed by atoms with E-state index in [9.17, 15) is 26.4 Å². The van der Waals surface area contributed by atoms with Gasteiger partial charge < -0.3 is 9.47 Å². The van der Waals surface area contributed by atoms with Crippen molar-refractivity contribution in [3.63, 3.8) is 0 Å². The van der Waals surface area contributed by atoms with Crippen LogP contribution >= 0.6 is 23.2 Å². The van der Waals surface area contributed by atoms with Crippen LogP contribution in [-0.2, 0) is 22.1 Å². The lowest BCUT2D eigenvalue weighted by atomic mass is 10.1. The van der Waals surface area contributed by atoms with Crippen molar-refractivity contribution in [2.45, 2.75) is 6.61 Å². The van der Waals surface area contributed by atoms with Crippen LogP contribution in [0.4, 0.5) is 18.9 Å². The molecule has 1 N–H and O–H groups in total. The molecule has 0 atom stereocenters. The quantitative estimate of drug-likeness (QED) is 0.430. The molecule has 0 saturated carbocycles. The maximum atomic E-state index is 14.6. The fourth-order valence-electron chi connectivity index (χ4n) is 2.85. The van der Waals surface area contributed by atoms with E-state index in [1.54, 1.807) is 18.2 Å². The third-order valence-electron chi connectivity index (χ3n) is 4.50. The predicted molar refractivity (Wildman–Crippen MR) is 123 cm³/mol. The average Bonchev–Trinajstić information content (AvgIpc) is 3.06. The number of aromatic nitrogens is 2. The van der Waals surface area contributed by atoms with E-state index in [4.69, 9.17) is 27.9 Å². The number of carbonyl (C=O) groups excluding carboxylic acids is 1. The number of hydrogen-bond donors (Lipinski definition) is 1. The van der Waals surface area contributed by atoms with Crippen molar-refractivity contribution < 1.29 is 35.9 Å². The number of aryl methyl sites for hydroxylation is 1. The van der Waals surface area contributed by atoms with E-state index in [0.29, 0.717) is 5.69 Å². The molecular formula is C20H17Cl2F3N4O5S. The molecule has 0 unspecified atom stereocenters. The molecule has 0 aliphatic heterocycles. The first-order valence-corrected chi connectivity index (χ1v) is 11.7. The molecular weight excluding hydrogens is 536 g/mol. The van der Waals surface area contributed by atoms with Crippen LogP contribution in [0, 0.1) is 5.82 Å². The highest BCUT2D eigenvalue weighted by Crippen LogP contribution is 2.39. The number of amides is 1. The van der Waals surface area contributed by atoms with Gasteiger partial charge in [0.1, 0.15) is 22.3 Å². The van der Waals surface area contributed by atoms with Gasteiger partial charge in [0.2, 0.25) is 5.88 Å². The summed E-state index contributed by atoms with van der Waals surface area (Å²) >= 11 is 12.0. The van der Waals surface area contributed by atoms with Crippen molar-refractivity contribution in [2.24, 2.45) is 7.05 Å². The Morgan fingerprint density at radius 1 is 1.23 bits per heavy atom. The molecule has 1 aromatic heterocycles. The van der Waals surface area contributed by atoms with Crippen LogP contribution in [0.25, 0.3) is 11.3 Å². The van der Waals surface area contributed by atoms with Gasteiger partial charge in [-0.1, -0.05) is 41.4 Å². The van der Waals surface area contributed by atoms with Gasteiger partial charge in [-0.2, -0.15) is 22.3 Å². The molecule has 2 aromatic carbocycles. The highest BCUT2D eigenvalue weighted by molar-refractivity contribution is 7.91. The lowest BCUT2D eigenvalue weighted by molar-refractivity contribution is -0.121. The Balaban J connectivity index is 1.77. The molecule has 0 bridgehead atoms. The van der Waals surface area contributed by atoms with E-state index < -0.39 is 46.1 Å². The minimum absolute atomic E-state index is 0.218. The zero-order chi connectivity index (χ0) is 25.9. The summed E-state index contributed by atoms with van der Waals surface area (Å²) in [4.78, 5) is 12.2. The van der Waals surface area contributed by atoms with Crippen LogP contribution < -0.4 is 18.5 Å². The molecule has 1 amide bonds. The first kappa shape index (κ1) is 26.4. The molecule has 1 heterocycles. The largest absolute Gasteiger partial charge is 0.482 e. The zero-order valence-corrected chi connectivity index (χ0v) is 20.3. The highest BCUT2D eigenvalue weighted by Gasteiger charge is 2.25. The molecule has 0 radical (unpaired) electrons. The highest BCUT2D eigenvalue weighted by atomic mass is 35.5. The number of nitrogens with one attached hydrogen (secondary N) is 1. The van der Waals surface area contributed by atoms with Gasteiger partial charge in [-0.15, -0.1) is 0 Å². The van der Waals surface area contributed by atoms with Gasteiger partial charge >= 0.3 is 16.8 Å². The maximum absolute atomic E-state index is 14.6. The minimum Gasteiger partial charge on any atom is -0.482 e. The third-order valence-corrected chi connectivity index (χ3v) is 6.55. The number of alkyl halides is 2. The molecule has 0 spiro atoms. The molecule has 0 aliphatic rings. The van der Waals surface area contributed by atoms with E-state index in [2.05, 4.69) is 9.84 Å². The maximum Gasteiger partial charge on any atom is 0.388 e. The molecule has 9 nitrogen and oxygen atoms in total. The summed E-state index contributed by atoms with van der Waals surface area (Å²) in [6.07, 6.45) is 0. The van der Waals surface area contributed by atoms with Gasteiger partial charge in [0.15, 0.2) is 6.61 Å². The van der Waals surface area contributed by atoms with Gasteiger partial charge in [-0.3, -0.25) is 9.10 Å². The molecule has 3 aromatic rings. The Bertz CT molecular complexity index is 1340. The van der Waals surface area contributed by atoms with Crippen LogP contribution in [0.1, 0.15) is 0 Å². The van der Waals surface area contributed by atoms with E-state index in [0.717, 1.165) is 21.1 Å². The zero-order valence-electron chi connectivity index (χ0n) is 18.0. The van der Waals surface area contributed by atoms with Crippen molar-refractivity contribution >= 4 is 45.0 Å². The first-order valence-electron chi connectivity index (χ1n) is 9.54. The molecule has 0 saturated heterocycles. The third kappa shape index (κ3) is 6.10. The monoisotopic (exact) mass is 552 g/mol. The standard InChI is InChI=1S/C20H17Cl2F3N4O5S/c1-28-19(34-20(24)25)17(22)18(26-28)12-8-15(13(21)9-14(12)23)33-10-16(30)27-35(31,32)29(2)11-6-4-3-5-7-11/h3-9,20H,10H2,1-2H3,(H,27,30). The van der Waals surface area contributed by atoms with E-state index in [-0.39, 0.29) is 22.0 Å². The number of para-hydroxylation sites is 1. The lowest BCUT2D eigenvalue weighted by Crippen LogP contribution is -2.43. The second-order valence-electron chi connectivity index (χ2n) is 6.85. The van der Waals surface area contributed by atoms with E-state index in [1.807, 2.05) is 4.72 Å². The summed E-state index contributed by atoms with van der Waals surface area (Å²) in [5.74, 6) is -2.67. The van der Waals surface area contributed by atoms with Crippen LogP contribution in [0.5, 0.6) is 11.6 Å². The number of anilines is 1. The van der Waals surface area contributed by atoms with E-state index in [1.165, 1.54) is 26.2 Å². The van der Waals surface area contributed by atoms with Crippen LogP contribution in [-0.4, -0.2) is 44.4 Å². The number of nitrogens with zero attached hydrogens (tertiary/aromatic N) is 3. The Hall–Kier alpha value is -3.16. The SMILES string of the molecule is CN(c1ccccc1)S(=O)(=O)NC(=O)COc1cc(-c2nn(C)c(OC(F)F)c2Cl)c(F)cc1Cl. The molecule has 0 fully saturated rings. The van der Waals surface area contributed by atoms with Gasteiger partial charge in [0.25, 0.3) is 5.91 Å². The number of benzene rings is 2. The summed E-state index contributed by atoms with van der Waals surface area (Å²) in [5.41, 5.74) is -0.228. The van der Waals surface area contributed by atoms with E-state index >= 15 is 0 Å². The lowest BCUT2D eigenvalue weighted by Gasteiger charge is -2.19. The number of carbonyl (C=O) groups is 1. The van der Waals surface area contributed by atoms with Crippen molar-refractivity contribution in [1.82, 2.24) is 14.5 Å². The van der Waals surface area contributed by atoms with Crippen LogP contribution in [0.15, 0.2) is 42.5 Å². The van der Waals surface area contributed by atoms with Gasteiger partial charge in [0.05, 0.1) is 10.7 Å². The molecule has 3 rings (SSSR count). The number of ether oxygens (including phenoxy) is 2. The Labute approximate surface area is 208 Å². The van der Waals surface area contributed by atoms with Gasteiger partial charge in [-0.05, 0) is 24.3 Å². The molecule has 188 valence electrons. The molecule has 15 heteroatoms. The normalized spacial score (nSPS) is 11.4. The Kier molecular flexibility index (Phi) is 8.03. The van der Waals surface area contributed by atoms with Crippen molar-refractivity contribution in [1.29, 1.82) is 0 Å². The summed E-state index contributed by atoms with van der Waals surface area (Å²) in [6, 6.07) is 9.87. The minimum atomic E-state index is -4.25. The summed E-state index contributed by atoms with van der Waals surface area (Å²) < 4.78 is 77.8. The van der Waals surface area contributed by atoms with Gasteiger partial charge in [0, 0.05) is 19.7 Å². The Morgan fingerprint density at radius 3 is 2.51 bits per heavy atom. The number of halogens is 5. The summed E-state index contributed by atoms with van der Waals surface area (Å²) in [5, 5.41) is 3.23. The summed E-state index contributed by atoms with van der Waals surface area (Å²) in [7, 11) is -1.74. The fourth-order valence-corrected chi connectivity index (χ4v) is 4.24. The second-order valence-corrected chi connectivity index (χ2v) is 9.34. The van der Waals surface area contributed by atoms with Crippen LogP contribution in [0.3, 0.4) is 0 Å². The smallest absolute Gasteiger partial charge is 0.388 e.